The maximum Gasteiger partial charge on any atom is 0.169 e. The average molecular weight is 201 g/mol. The summed E-state index contributed by atoms with van der Waals surface area (Å²) >= 11 is 3.42. The Balaban J connectivity index is 2.36. The summed E-state index contributed by atoms with van der Waals surface area (Å²) in [7, 11) is 0. The Morgan fingerprint density at radius 1 is 1.75 bits per heavy atom. The molecule has 0 aromatic carbocycles. The molecule has 66 valence electrons. The molecule has 0 radical (unpaired) electrons. The number of nitrogens with zero attached hydrogens (tertiary/aromatic N) is 1. The molecular weight excluding hydrogens is 190 g/mol. The molecule has 1 aromatic heterocycles. The fourth-order valence-electron chi connectivity index (χ4n) is 0.749. The van der Waals surface area contributed by atoms with Crippen molar-refractivity contribution in [2.75, 3.05) is 5.75 Å². The Hall–Kier alpha value is -0.350. The number of rotatable bonds is 5. The maximum absolute atomic E-state index is 10.3. The first-order valence-electron chi connectivity index (χ1n) is 3.84. The molecule has 0 spiro atoms. The van der Waals surface area contributed by atoms with Crippen LogP contribution in [0.2, 0.25) is 0 Å². The molecule has 0 unspecified atom stereocenters. The maximum atomic E-state index is 10.3. The fraction of sp³-hybridized carbons (Fsp3) is 0.500. The molecule has 1 heterocycles. The lowest BCUT2D eigenvalue weighted by Gasteiger charge is -1.93. The van der Waals surface area contributed by atoms with Crippen LogP contribution >= 0.6 is 23.1 Å². The monoisotopic (exact) mass is 201 g/mol. The first kappa shape index (κ1) is 9.74. The molecule has 0 N–H and O–H groups in total. The third-order valence-electron chi connectivity index (χ3n) is 1.26. The van der Waals surface area contributed by atoms with Crippen molar-refractivity contribution in [3.8, 4) is 0 Å². The summed E-state index contributed by atoms with van der Waals surface area (Å²) in [6.07, 6.45) is 1.99. The van der Waals surface area contributed by atoms with Crippen molar-refractivity contribution in [1.82, 2.24) is 4.98 Å². The van der Waals surface area contributed by atoms with Gasteiger partial charge in [0.25, 0.3) is 0 Å². The van der Waals surface area contributed by atoms with Crippen molar-refractivity contribution in [1.29, 1.82) is 0 Å². The van der Waals surface area contributed by atoms with E-state index in [-0.39, 0.29) is 0 Å². The summed E-state index contributed by atoms with van der Waals surface area (Å²) < 4.78 is 0. The van der Waals surface area contributed by atoms with E-state index < -0.39 is 0 Å². The van der Waals surface area contributed by atoms with Gasteiger partial charge in [-0.15, -0.1) is 11.3 Å². The van der Waals surface area contributed by atoms with Crippen LogP contribution in [-0.4, -0.2) is 17.0 Å². The van der Waals surface area contributed by atoms with Crippen LogP contribution in [0.1, 0.15) is 28.8 Å². The molecule has 0 aliphatic carbocycles. The molecule has 0 fully saturated rings. The van der Waals surface area contributed by atoms with Crippen molar-refractivity contribution < 1.29 is 4.79 Å². The van der Waals surface area contributed by atoms with Gasteiger partial charge < -0.3 is 0 Å². The van der Waals surface area contributed by atoms with Gasteiger partial charge in [0.15, 0.2) is 6.29 Å². The van der Waals surface area contributed by atoms with Crippen LogP contribution in [0.15, 0.2) is 5.38 Å². The summed E-state index contributed by atoms with van der Waals surface area (Å²) in [4.78, 5) is 14.4. The topological polar surface area (TPSA) is 30.0 Å². The number of aromatic nitrogens is 1. The number of thioether (sulfide) groups is 1. The van der Waals surface area contributed by atoms with Crippen molar-refractivity contribution in [3.63, 3.8) is 0 Å². The van der Waals surface area contributed by atoms with Gasteiger partial charge >= 0.3 is 0 Å². The van der Waals surface area contributed by atoms with E-state index in [1.165, 1.54) is 6.42 Å². The lowest BCUT2D eigenvalue weighted by molar-refractivity contribution is 0.111. The van der Waals surface area contributed by atoms with Gasteiger partial charge in [0.2, 0.25) is 0 Å². The van der Waals surface area contributed by atoms with Gasteiger partial charge in [-0.05, 0) is 12.2 Å². The molecule has 0 bridgehead atoms. The summed E-state index contributed by atoms with van der Waals surface area (Å²) in [5.74, 6) is 2.10. The fourth-order valence-corrected chi connectivity index (χ4v) is 2.47. The molecule has 0 atom stereocenters. The van der Waals surface area contributed by atoms with Gasteiger partial charge in [-0.2, -0.15) is 11.8 Å². The van der Waals surface area contributed by atoms with E-state index in [0.717, 1.165) is 22.8 Å². The van der Waals surface area contributed by atoms with Crippen molar-refractivity contribution >= 4 is 29.4 Å². The predicted molar refractivity (Wildman–Crippen MR) is 54.0 cm³/mol. The second-order valence-corrected chi connectivity index (χ2v) is 4.38. The Morgan fingerprint density at radius 3 is 3.17 bits per heavy atom. The number of hydrogen-bond donors (Lipinski definition) is 0. The van der Waals surface area contributed by atoms with Gasteiger partial charge in [0.1, 0.15) is 10.7 Å². The SMILES string of the molecule is CCCSCc1nc(C=O)cs1. The van der Waals surface area contributed by atoms with E-state index in [1.54, 1.807) is 16.7 Å². The second kappa shape index (κ2) is 5.32. The molecule has 2 nitrogen and oxygen atoms in total. The summed E-state index contributed by atoms with van der Waals surface area (Å²) in [6, 6.07) is 0. The number of carbonyl (C=O) groups excluding carboxylic acids is 1. The van der Waals surface area contributed by atoms with E-state index in [9.17, 15) is 4.79 Å². The summed E-state index contributed by atoms with van der Waals surface area (Å²) in [5, 5.41) is 2.85. The highest BCUT2D eigenvalue weighted by atomic mass is 32.2. The quantitative estimate of drug-likeness (QED) is 0.542. The average Bonchev–Trinajstić information content (AvgIpc) is 2.53. The van der Waals surface area contributed by atoms with Crippen molar-refractivity contribution in [2.45, 2.75) is 19.1 Å². The highest BCUT2D eigenvalue weighted by Crippen LogP contribution is 2.16. The van der Waals surface area contributed by atoms with E-state index in [4.69, 9.17) is 0 Å². The van der Waals surface area contributed by atoms with E-state index >= 15 is 0 Å². The number of thiazole rings is 1. The van der Waals surface area contributed by atoms with E-state index in [1.807, 2.05) is 11.8 Å². The Kier molecular flexibility index (Phi) is 4.32. The summed E-state index contributed by atoms with van der Waals surface area (Å²) in [6.45, 7) is 2.16. The molecule has 12 heavy (non-hydrogen) atoms. The summed E-state index contributed by atoms with van der Waals surface area (Å²) in [5.41, 5.74) is 0.562. The molecule has 0 saturated heterocycles. The largest absolute Gasteiger partial charge is 0.296 e. The smallest absolute Gasteiger partial charge is 0.169 e. The minimum Gasteiger partial charge on any atom is -0.296 e. The van der Waals surface area contributed by atoms with Crippen molar-refractivity contribution in [3.05, 3.63) is 16.1 Å². The Morgan fingerprint density at radius 2 is 2.58 bits per heavy atom. The van der Waals surface area contributed by atoms with Gasteiger partial charge in [0, 0.05) is 11.1 Å². The number of carbonyl (C=O) groups is 1. The van der Waals surface area contributed by atoms with Crippen LogP contribution in [0.3, 0.4) is 0 Å². The van der Waals surface area contributed by atoms with E-state index in [0.29, 0.717) is 5.69 Å². The van der Waals surface area contributed by atoms with Gasteiger partial charge in [0.05, 0.1) is 0 Å². The third kappa shape index (κ3) is 2.95. The van der Waals surface area contributed by atoms with E-state index in [2.05, 4.69) is 11.9 Å². The van der Waals surface area contributed by atoms with Crippen LogP contribution in [0.4, 0.5) is 0 Å². The first-order valence-corrected chi connectivity index (χ1v) is 5.87. The van der Waals surface area contributed by atoms with Crippen molar-refractivity contribution in [2.24, 2.45) is 0 Å². The molecule has 1 rings (SSSR count). The van der Waals surface area contributed by atoms with Crippen LogP contribution in [0, 0.1) is 0 Å². The number of aldehydes is 1. The Labute approximate surface area is 80.4 Å². The third-order valence-corrected chi connectivity index (χ3v) is 3.49. The molecule has 4 heteroatoms. The second-order valence-electron chi connectivity index (χ2n) is 2.34. The molecule has 0 aliphatic rings. The van der Waals surface area contributed by atoms with Crippen LogP contribution in [0.5, 0.6) is 0 Å². The Bertz CT molecular complexity index is 247. The zero-order valence-corrected chi connectivity index (χ0v) is 8.58. The van der Waals surface area contributed by atoms with Gasteiger partial charge in [-0.1, -0.05) is 6.92 Å². The minimum atomic E-state index is 0.562. The highest BCUT2D eigenvalue weighted by Gasteiger charge is 1.99. The lowest BCUT2D eigenvalue weighted by Crippen LogP contribution is -1.83. The van der Waals surface area contributed by atoms with Crippen LogP contribution in [0.25, 0.3) is 0 Å². The number of hydrogen-bond acceptors (Lipinski definition) is 4. The minimum absolute atomic E-state index is 0.562. The van der Waals surface area contributed by atoms with Crippen LogP contribution in [-0.2, 0) is 5.75 Å². The standard InChI is InChI=1S/C8H11NOS2/c1-2-3-11-6-8-9-7(4-10)5-12-8/h4-5H,2-3,6H2,1H3. The zero-order valence-electron chi connectivity index (χ0n) is 6.95. The highest BCUT2D eigenvalue weighted by molar-refractivity contribution is 7.98. The molecule has 0 aliphatic heterocycles. The molecule has 1 aromatic rings. The first-order chi connectivity index (χ1) is 5.86. The van der Waals surface area contributed by atoms with Crippen LogP contribution < -0.4 is 0 Å². The predicted octanol–water partition coefficient (Wildman–Crippen LogP) is 2.60. The van der Waals surface area contributed by atoms with Gasteiger partial charge in [-0.3, -0.25) is 4.79 Å². The van der Waals surface area contributed by atoms with Gasteiger partial charge in [-0.25, -0.2) is 4.98 Å². The molecular formula is C8H11NOS2. The molecule has 0 saturated carbocycles. The zero-order chi connectivity index (χ0) is 8.81. The normalized spacial score (nSPS) is 10.1. The lowest BCUT2D eigenvalue weighted by atomic mass is 10.6. The molecule has 0 amide bonds.